The number of primary amides is 1. The molecule has 0 bridgehead atoms. The van der Waals surface area contributed by atoms with Crippen LogP contribution in [0, 0.1) is 0 Å². The quantitative estimate of drug-likeness (QED) is 0.659. The van der Waals surface area contributed by atoms with Crippen molar-refractivity contribution in [1.29, 1.82) is 0 Å². The van der Waals surface area contributed by atoms with Gasteiger partial charge in [-0.05, 0) is 37.5 Å². The molecule has 1 aromatic carbocycles. The number of nitrogens with zero attached hydrogens (tertiary/aromatic N) is 5. The fourth-order valence-corrected chi connectivity index (χ4v) is 4.45. The Labute approximate surface area is 186 Å². The molecule has 4 heterocycles. The van der Waals surface area contributed by atoms with Crippen LogP contribution in [0.4, 0.5) is 11.4 Å². The second-order valence-electron chi connectivity index (χ2n) is 8.11. The molecule has 2 aromatic heterocycles. The van der Waals surface area contributed by atoms with Crippen molar-refractivity contribution in [2.24, 2.45) is 12.8 Å². The zero-order valence-corrected chi connectivity index (χ0v) is 18.2. The van der Waals surface area contributed by atoms with Crippen LogP contribution in [0.2, 0.25) is 0 Å². The fraction of sp³-hybridized carbons (Fsp3) is 0.348. The summed E-state index contributed by atoms with van der Waals surface area (Å²) in [5, 5.41) is 5.57. The monoisotopic (exact) mass is 434 g/mol. The predicted molar refractivity (Wildman–Crippen MR) is 121 cm³/mol. The van der Waals surface area contributed by atoms with Gasteiger partial charge in [-0.2, -0.15) is 5.10 Å². The number of piperidine rings is 1. The number of aryl methyl sites for hydroxylation is 1. The molecule has 9 heteroatoms. The third-order valence-electron chi connectivity index (χ3n) is 5.98. The first-order chi connectivity index (χ1) is 15.5. The lowest BCUT2D eigenvalue weighted by Crippen LogP contribution is -2.35. The zero-order valence-electron chi connectivity index (χ0n) is 18.2. The van der Waals surface area contributed by atoms with Crippen LogP contribution in [0.1, 0.15) is 31.1 Å². The van der Waals surface area contributed by atoms with Gasteiger partial charge in [0, 0.05) is 49.5 Å². The minimum absolute atomic E-state index is 0.298. The molecule has 166 valence electrons. The molecular weight excluding hydrogens is 408 g/mol. The lowest BCUT2D eigenvalue weighted by molar-refractivity contribution is -0.114. The van der Waals surface area contributed by atoms with Gasteiger partial charge >= 0.3 is 0 Å². The highest BCUT2D eigenvalue weighted by molar-refractivity contribution is 6.00. The van der Waals surface area contributed by atoms with Crippen LogP contribution in [0.5, 0.6) is 5.88 Å². The number of rotatable bonds is 5. The number of carbonyl (C=O) groups is 1. The van der Waals surface area contributed by atoms with Crippen LogP contribution in [0.15, 0.2) is 48.6 Å². The van der Waals surface area contributed by atoms with Crippen molar-refractivity contribution in [2.45, 2.75) is 25.5 Å². The van der Waals surface area contributed by atoms with Crippen LogP contribution in [-0.4, -0.2) is 40.9 Å². The molecule has 0 radical (unpaired) electrons. The number of pyridine rings is 1. The number of aromatic nitrogens is 3. The van der Waals surface area contributed by atoms with Crippen molar-refractivity contribution < 1.29 is 14.3 Å². The summed E-state index contributed by atoms with van der Waals surface area (Å²) < 4.78 is 12.9. The molecule has 2 aliphatic rings. The van der Waals surface area contributed by atoms with Crippen molar-refractivity contribution in [3.05, 3.63) is 54.2 Å². The summed E-state index contributed by atoms with van der Waals surface area (Å²) in [4.78, 5) is 20.9. The van der Waals surface area contributed by atoms with Crippen molar-refractivity contribution >= 4 is 28.2 Å². The first kappa shape index (κ1) is 20.2. The highest BCUT2D eigenvalue weighted by Crippen LogP contribution is 2.44. The predicted octanol–water partition coefficient (Wildman–Crippen LogP) is 2.83. The molecule has 32 heavy (non-hydrogen) atoms. The molecular formula is C23H26N6O3. The number of benzene rings is 1. The standard InChI is InChI=1S/C23H26N6O3/c1-27-13-16-10-19(18(11-17(16)26-27)28-8-4-3-5-9-28)29-20(22(24)30)14-32-23(29)15-6-7-21(31-2)25-12-15/h6-7,10-14,23H,3-5,8-9H2,1-2H3,(H2,24,30). The first-order valence-electron chi connectivity index (χ1n) is 10.7. The average molecular weight is 435 g/mol. The number of hydrogen-bond donors (Lipinski definition) is 1. The third kappa shape index (κ3) is 3.49. The van der Waals surface area contributed by atoms with Gasteiger partial charge in [-0.3, -0.25) is 14.4 Å². The number of methoxy groups -OCH3 is 1. The topological polar surface area (TPSA) is 98.7 Å². The summed E-state index contributed by atoms with van der Waals surface area (Å²) >= 11 is 0. The Kier molecular flexibility index (Phi) is 5.08. The van der Waals surface area contributed by atoms with Crippen LogP contribution < -0.4 is 20.3 Å². The van der Waals surface area contributed by atoms with Gasteiger partial charge in [0.1, 0.15) is 12.0 Å². The van der Waals surface area contributed by atoms with Crippen molar-refractivity contribution in [3.63, 3.8) is 0 Å². The number of nitrogens with two attached hydrogens (primary N) is 1. The average Bonchev–Trinajstić information content (AvgIpc) is 3.41. The molecule has 3 aromatic rings. The summed E-state index contributed by atoms with van der Waals surface area (Å²) in [6.45, 7) is 1.90. The van der Waals surface area contributed by atoms with Gasteiger partial charge in [0.2, 0.25) is 12.1 Å². The second kappa shape index (κ2) is 8.07. The molecule has 5 rings (SSSR count). The highest BCUT2D eigenvalue weighted by Gasteiger charge is 2.36. The Balaban J connectivity index is 1.66. The van der Waals surface area contributed by atoms with E-state index in [2.05, 4.69) is 27.1 Å². The zero-order chi connectivity index (χ0) is 22.2. The van der Waals surface area contributed by atoms with Crippen molar-refractivity contribution in [3.8, 4) is 5.88 Å². The highest BCUT2D eigenvalue weighted by atomic mass is 16.5. The molecule has 9 nitrogen and oxygen atoms in total. The minimum Gasteiger partial charge on any atom is -0.481 e. The smallest absolute Gasteiger partial charge is 0.268 e. The number of amides is 1. The number of anilines is 2. The summed E-state index contributed by atoms with van der Waals surface area (Å²) in [7, 11) is 3.47. The van der Waals surface area contributed by atoms with E-state index in [-0.39, 0.29) is 0 Å². The summed E-state index contributed by atoms with van der Waals surface area (Å²) in [5.41, 5.74) is 9.62. The second-order valence-corrected chi connectivity index (χ2v) is 8.11. The molecule has 2 aliphatic heterocycles. The van der Waals surface area contributed by atoms with E-state index >= 15 is 0 Å². The van der Waals surface area contributed by atoms with E-state index < -0.39 is 12.1 Å². The van der Waals surface area contributed by atoms with E-state index in [0.29, 0.717) is 11.6 Å². The van der Waals surface area contributed by atoms with Gasteiger partial charge in [-0.15, -0.1) is 0 Å². The maximum Gasteiger partial charge on any atom is 0.268 e. The molecule has 0 aliphatic carbocycles. The molecule has 1 amide bonds. The Morgan fingerprint density at radius 2 is 2.00 bits per heavy atom. The summed E-state index contributed by atoms with van der Waals surface area (Å²) in [6, 6.07) is 7.80. The molecule has 0 saturated carbocycles. The van der Waals surface area contributed by atoms with E-state index in [1.54, 1.807) is 24.1 Å². The summed E-state index contributed by atoms with van der Waals surface area (Å²) in [6.07, 6.45) is 7.99. The van der Waals surface area contributed by atoms with Gasteiger partial charge in [0.05, 0.1) is 24.0 Å². The van der Waals surface area contributed by atoms with Gasteiger partial charge in [0.25, 0.3) is 5.91 Å². The SMILES string of the molecule is COc1ccc(C2OC=C(C(N)=O)N2c2cc3cn(C)nc3cc2N2CCCCC2)cn1. The lowest BCUT2D eigenvalue weighted by Gasteiger charge is -2.35. The lowest BCUT2D eigenvalue weighted by atomic mass is 10.1. The Morgan fingerprint density at radius 1 is 1.19 bits per heavy atom. The number of ether oxygens (including phenoxy) is 2. The molecule has 0 spiro atoms. The largest absolute Gasteiger partial charge is 0.481 e. The van der Waals surface area contributed by atoms with E-state index in [9.17, 15) is 4.79 Å². The van der Waals surface area contributed by atoms with E-state index in [0.717, 1.165) is 53.8 Å². The third-order valence-corrected chi connectivity index (χ3v) is 5.98. The molecule has 1 saturated heterocycles. The molecule has 2 N–H and O–H groups in total. The van der Waals surface area contributed by atoms with E-state index in [1.807, 2.05) is 24.2 Å². The van der Waals surface area contributed by atoms with Gasteiger partial charge in [-0.25, -0.2) is 4.98 Å². The number of hydrogen-bond acceptors (Lipinski definition) is 7. The number of fused-ring (bicyclic) bond motifs is 1. The minimum atomic E-state index is -0.575. The summed E-state index contributed by atoms with van der Waals surface area (Å²) in [5.74, 6) is -0.0444. The van der Waals surface area contributed by atoms with E-state index in [4.69, 9.17) is 15.2 Å². The van der Waals surface area contributed by atoms with Crippen LogP contribution in [0.25, 0.3) is 10.9 Å². The molecule has 1 fully saturated rings. The Morgan fingerprint density at radius 3 is 2.69 bits per heavy atom. The van der Waals surface area contributed by atoms with Gasteiger partial charge < -0.3 is 20.1 Å². The Bertz CT molecular complexity index is 1180. The number of carbonyl (C=O) groups excluding carboxylic acids is 1. The fourth-order valence-electron chi connectivity index (χ4n) is 4.45. The molecule has 1 atom stereocenters. The molecule has 1 unspecified atom stereocenters. The normalized spacial score (nSPS) is 18.6. The van der Waals surface area contributed by atoms with Crippen LogP contribution in [-0.2, 0) is 16.6 Å². The van der Waals surface area contributed by atoms with Crippen molar-refractivity contribution in [2.75, 3.05) is 30.0 Å². The van der Waals surface area contributed by atoms with Crippen LogP contribution >= 0.6 is 0 Å². The van der Waals surface area contributed by atoms with Gasteiger partial charge in [-0.1, -0.05) is 0 Å². The van der Waals surface area contributed by atoms with E-state index in [1.165, 1.54) is 12.7 Å². The van der Waals surface area contributed by atoms with Crippen molar-refractivity contribution in [1.82, 2.24) is 14.8 Å². The van der Waals surface area contributed by atoms with Crippen LogP contribution in [0.3, 0.4) is 0 Å². The maximum atomic E-state index is 12.4. The van der Waals surface area contributed by atoms with Gasteiger partial charge in [0.15, 0.2) is 0 Å². The maximum absolute atomic E-state index is 12.4. The first-order valence-corrected chi connectivity index (χ1v) is 10.7. The Hall–Kier alpha value is -3.75.